The summed E-state index contributed by atoms with van der Waals surface area (Å²) in [6.07, 6.45) is 0.690. The molecule has 0 unspecified atom stereocenters. The number of sulfonamides is 1. The van der Waals surface area contributed by atoms with Crippen LogP contribution < -0.4 is 0 Å². The lowest BCUT2D eigenvalue weighted by atomic mass is 10.4. The number of hydrogen-bond acceptors (Lipinski definition) is 5. The Balaban J connectivity index is 2.64. The highest BCUT2D eigenvalue weighted by Crippen LogP contribution is 2.12. The van der Waals surface area contributed by atoms with Gasteiger partial charge in [-0.05, 0) is 13.8 Å². The standard InChI is InChI=1S/C8H18N2O5S2/c1-8(2)15-17(13,14)10-6-4-9(5-7-10)16(3,11)12/h8H,4-7H2,1-3H3. The molecular formula is C8H18N2O5S2. The Morgan fingerprint density at radius 3 is 1.71 bits per heavy atom. The van der Waals surface area contributed by atoms with Crippen LogP contribution >= 0.6 is 0 Å². The van der Waals surface area contributed by atoms with Gasteiger partial charge in [0, 0.05) is 26.2 Å². The minimum Gasteiger partial charge on any atom is -0.255 e. The van der Waals surface area contributed by atoms with Crippen molar-refractivity contribution in [2.24, 2.45) is 0 Å². The van der Waals surface area contributed by atoms with Crippen molar-refractivity contribution in [2.75, 3.05) is 32.4 Å². The van der Waals surface area contributed by atoms with Crippen LogP contribution in [0.4, 0.5) is 0 Å². The largest absolute Gasteiger partial charge is 0.338 e. The lowest BCUT2D eigenvalue weighted by Crippen LogP contribution is -2.50. The molecular weight excluding hydrogens is 268 g/mol. The van der Waals surface area contributed by atoms with Crippen molar-refractivity contribution in [3.05, 3.63) is 0 Å². The summed E-state index contributed by atoms with van der Waals surface area (Å²) in [5.74, 6) is 0. The Kier molecular flexibility index (Phi) is 4.53. The first-order valence-corrected chi connectivity index (χ1v) is 8.48. The third-order valence-corrected chi connectivity index (χ3v) is 5.23. The van der Waals surface area contributed by atoms with Gasteiger partial charge in [0.25, 0.3) is 0 Å². The predicted octanol–water partition coefficient (Wildman–Crippen LogP) is -0.767. The van der Waals surface area contributed by atoms with E-state index >= 15 is 0 Å². The van der Waals surface area contributed by atoms with Gasteiger partial charge in [0.05, 0.1) is 12.4 Å². The summed E-state index contributed by atoms with van der Waals surface area (Å²) in [6, 6.07) is 0. The quantitative estimate of drug-likeness (QED) is 0.678. The molecule has 1 aliphatic rings. The van der Waals surface area contributed by atoms with Crippen molar-refractivity contribution in [3.8, 4) is 0 Å². The molecule has 0 amide bonds. The Hall–Kier alpha value is -0.220. The Labute approximate surface area is 103 Å². The van der Waals surface area contributed by atoms with Crippen molar-refractivity contribution in [2.45, 2.75) is 20.0 Å². The fourth-order valence-electron chi connectivity index (χ4n) is 1.53. The zero-order valence-corrected chi connectivity index (χ0v) is 11.8. The summed E-state index contributed by atoms with van der Waals surface area (Å²) in [6.45, 7) is 3.85. The zero-order chi connectivity index (χ0) is 13.3. The van der Waals surface area contributed by atoms with E-state index in [1.807, 2.05) is 0 Å². The van der Waals surface area contributed by atoms with Gasteiger partial charge in [-0.25, -0.2) is 8.42 Å². The molecule has 0 aromatic carbocycles. The second-order valence-corrected chi connectivity index (χ2v) is 7.71. The summed E-state index contributed by atoms with van der Waals surface area (Å²) in [5.41, 5.74) is 0. The van der Waals surface area contributed by atoms with E-state index in [4.69, 9.17) is 4.18 Å². The first-order valence-electron chi connectivity index (χ1n) is 5.26. The summed E-state index contributed by atoms with van der Waals surface area (Å²) in [5, 5.41) is 0. The minimum atomic E-state index is -3.74. The molecule has 9 heteroatoms. The van der Waals surface area contributed by atoms with Gasteiger partial charge in [-0.3, -0.25) is 4.18 Å². The van der Waals surface area contributed by atoms with Crippen LogP contribution in [-0.2, 0) is 24.5 Å². The van der Waals surface area contributed by atoms with Crippen molar-refractivity contribution < 1.29 is 21.0 Å². The van der Waals surface area contributed by atoms with Crippen molar-refractivity contribution in [1.82, 2.24) is 8.61 Å². The second kappa shape index (κ2) is 5.19. The fourth-order valence-corrected chi connectivity index (χ4v) is 3.57. The molecule has 0 aliphatic carbocycles. The molecule has 0 aromatic rings. The van der Waals surface area contributed by atoms with E-state index in [2.05, 4.69) is 0 Å². The molecule has 0 aromatic heterocycles. The topological polar surface area (TPSA) is 84.0 Å². The molecule has 1 aliphatic heterocycles. The van der Waals surface area contributed by atoms with Crippen LogP contribution in [0.5, 0.6) is 0 Å². The van der Waals surface area contributed by atoms with Gasteiger partial charge in [-0.2, -0.15) is 17.0 Å². The molecule has 0 saturated carbocycles. The van der Waals surface area contributed by atoms with E-state index in [0.29, 0.717) is 0 Å². The van der Waals surface area contributed by atoms with Gasteiger partial charge in [0.1, 0.15) is 0 Å². The van der Waals surface area contributed by atoms with Crippen molar-refractivity contribution >= 4 is 20.3 Å². The van der Waals surface area contributed by atoms with Crippen LogP contribution in [0.1, 0.15) is 13.8 Å². The van der Waals surface area contributed by atoms with Crippen LogP contribution in [0, 0.1) is 0 Å². The third-order valence-electron chi connectivity index (χ3n) is 2.30. The van der Waals surface area contributed by atoms with E-state index in [-0.39, 0.29) is 26.2 Å². The van der Waals surface area contributed by atoms with Gasteiger partial charge >= 0.3 is 10.3 Å². The number of rotatable bonds is 4. The lowest BCUT2D eigenvalue weighted by molar-refractivity contribution is 0.193. The maximum absolute atomic E-state index is 11.7. The van der Waals surface area contributed by atoms with Crippen molar-refractivity contribution in [1.29, 1.82) is 0 Å². The predicted molar refractivity (Wildman–Crippen MR) is 63.1 cm³/mol. The van der Waals surface area contributed by atoms with Gasteiger partial charge in [-0.1, -0.05) is 0 Å². The van der Waals surface area contributed by atoms with Crippen LogP contribution in [0.25, 0.3) is 0 Å². The molecule has 102 valence electrons. The van der Waals surface area contributed by atoms with E-state index < -0.39 is 26.4 Å². The van der Waals surface area contributed by atoms with Crippen LogP contribution in [0.2, 0.25) is 0 Å². The van der Waals surface area contributed by atoms with Crippen LogP contribution in [-0.4, -0.2) is 64.0 Å². The van der Waals surface area contributed by atoms with Crippen LogP contribution in [0.3, 0.4) is 0 Å². The average molecular weight is 286 g/mol. The first kappa shape index (κ1) is 14.8. The highest BCUT2D eigenvalue weighted by molar-refractivity contribution is 7.88. The summed E-state index contributed by atoms with van der Waals surface area (Å²) in [4.78, 5) is 0. The molecule has 7 nitrogen and oxygen atoms in total. The van der Waals surface area contributed by atoms with E-state index in [9.17, 15) is 16.8 Å². The maximum atomic E-state index is 11.7. The van der Waals surface area contributed by atoms with Gasteiger partial charge in [0.2, 0.25) is 10.0 Å². The van der Waals surface area contributed by atoms with E-state index in [1.54, 1.807) is 13.8 Å². The molecule has 0 N–H and O–H groups in total. The Morgan fingerprint density at radius 1 is 0.941 bits per heavy atom. The molecule has 1 fully saturated rings. The van der Waals surface area contributed by atoms with Gasteiger partial charge in [0.15, 0.2) is 0 Å². The molecule has 1 saturated heterocycles. The second-order valence-electron chi connectivity index (χ2n) is 4.16. The van der Waals surface area contributed by atoms with Gasteiger partial charge in [-0.15, -0.1) is 0 Å². The minimum absolute atomic E-state index is 0.127. The van der Waals surface area contributed by atoms with E-state index in [1.165, 1.54) is 4.31 Å². The molecule has 0 radical (unpaired) electrons. The highest BCUT2D eigenvalue weighted by Gasteiger charge is 2.31. The number of piperazine rings is 1. The highest BCUT2D eigenvalue weighted by atomic mass is 32.2. The van der Waals surface area contributed by atoms with Crippen molar-refractivity contribution in [3.63, 3.8) is 0 Å². The molecule has 0 atom stereocenters. The third kappa shape index (κ3) is 4.18. The van der Waals surface area contributed by atoms with E-state index in [0.717, 1.165) is 10.6 Å². The first-order chi connectivity index (χ1) is 7.63. The smallest absolute Gasteiger partial charge is 0.255 e. The summed E-state index contributed by atoms with van der Waals surface area (Å²) < 4.78 is 53.1. The normalized spacial score (nSPS) is 20.9. The average Bonchev–Trinajstić information content (AvgIpc) is 2.14. The number of hydrogen-bond donors (Lipinski definition) is 0. The fraction of sp³-hybridized carbons (Fsp3) is 1.00. The number of nitrogens with zero attached hydrogens (tertiary/aromatic N) is 2. The zero-order valence-electron chi connectivity index (χ0n) is 10.2. The SMILES string of the molecule is CC(C)OS(=O)(=O)N1CCN(S(C)(=O)=O)CC1. The van der Waals surface area contributed by atoms with Gasteiger partial charge < -0.3 is 0 Å². The molecule has 1 heterocycles. The molecule has 0 spiro atoms. The Bertz CT molecular complexity index is 448. The molecule has 1 rings (SSSR count). The maximum Gasteiger partial charge on any atom is 0.338 e. The monoisotopic (exact) mass is 286 g/mol. The molecule has 17 heavy (non-hydrogen) atoms. The summed E-state index contributed by atoms with van der Waals surface area (Å²) in [7, 11) is -6.99. The summed E-state index contributed by atoms with van der Waals surface area (Å²) >= 11 is 0. The lowest BCUT2D eigenvalue weighted by Gasteiger charge is -2.32. The molecule has 0 bridgehead atoms. The van der Waals surface area contributed by atoms with Crippen LogP contribution in [0.15, 0.2) is 0 Å². The Morgan fingerprint density at radius 2 is 1.35 bits per heavy atom.